The Morgan fingerprint density at radius 3 is 2.87 bits per heavy atom. The van der Waals surface area contributed by atoms with Crippen molar-refractivity contribution in [3.05, 3.63) is 71.6 Å². The van der Waals surface area contributed by atoms with Crippen molar-refractivity contribution in [1.29, 1.82) is 0 Å². The van der Waals surface area contributed by atoms with Gasteiger partial charge in [0, 0.05) is 67.6 Å². The summed E-state index contributed by atoms with van der Waals surface area (Å²) >= 11 is 0. The normalized spacial score (nSPS) is 22.9. The zero-order valence-corrected chi connectivity index (χ0v) is 21.1. The third-order valence-electron chi connectivity index (χ3n) is 9.09. The van der Waals surface area contributed by atoms with Crippen LogP contribution in [0.25, 0.3) is 27.7 Å². The summed E-state index contributed by atoms with van der Waals surface area (Å²) in [4.78, 5) is 35.3. The lowest BCUT2D eigenvalue weighted by atomic mass is 9.98. The van der Waals surface area contributed by atoms with E-state index in [0.29, 0.717) is 50.0 Å². The van der Waals surface area contributed by atoms with Crippen LogP contribution in [-0.4, -0.2) is 54.7 Å². The maximum Gasteiger partial charge on any atom is 0.320 e. The lowest BCUT2D eigenvalue weighted by Gasteiger charge is -2.32. The summed E-state index contributed by atoms with van der Waals surface area (Å²) in [5.74, 6) is 0.365. The predicted octanol–water partition coefficient (Wildman–Crippen LogP) is 5.12. The molecule has 0 N–H and O–H groups in total. The van der Waals surface area contributed by atoms with Crippen molar-refractivity contribution in [2.75, 3.05) is 13.1 Å². The molecule has 1 saturated heterocycles. The average molecular weight is 510 g/mol. The minimum absolute atomic E-state index is 0.0733. The Bertz CT molecular complexity index is 1700. The Morgan fingerprint density at radius 1 is 1.11 bits per heavy atom. The first kappa shape index (κ1) is 22.1. The highest BCUT2D eigenvalue weighted by molar-refractivity contribution is 6.33. The van der Waals surface area contributed by atoms with Crippen molar-refractivity contribution in [3.8, 4) is 0 Å². The maximum absolute atomic E-state index is 15.1. The van der Waals surface area contributed by atoms with E-state index in [-0.39, 0.29) is 17.6 Å². The van der Waals surface area contributed by atoms with Crippen LogP contribution in [-0.2, 0) is 17.9 Å². The van der Waals surface area contributed by atoms with Gasteiger partial charge in [-0.15, -0.1) is 0 Å². The van der Waals surface area contributed by atoms with Crippen molar-refractivity contribution in [2.45, 2.75) is 51.2 Å². The van der Waals surface area contributed by atoms with Gasteiger partial charge in [0.15, 0.2) is 5.78 Å². The van der Waals surface area contributed by atoms with Gasteiger partial charge in [0.1, 0.15) is 11.5 Å². The number of fused-ring (bicyclic) bond motifs is 3. The van der Waals surface area contributed by atoms with Crippen LogP contribution in [0.3, 0.4) is 0 Å². The standard InChI is InChI=1S/C30H28FN5O2/c31-20-12-19-16-34(30(38)36-15-18-4-5-21(36)11-18)10-9-33-17-24(23(13-20)29(19)33)28-22(6-7-26(28)37)25-14-32-27-3-1-2-8-35(25)27/h1-3,8,12-14,17-18,21H,4-7,9-11,15-16H2. The zero-order valence-electron chi connectivity index (χ0n) is 21.1. The topological polar surface area (TPSA) is 62.9 Å². The van der Waals surface area contributed by atoms with Gasteiger partial charge in [-0.1, -0.05) is 6.07 Å². The number of halogens is 1. The molecule has 2 fully saturated rings. The summed E-state index contributed by atoms with van der Waals surface area (Å²) in [5.41, 5.74) is 5.85. The summed E-state index contributed by atoms with van der Waals surface area (Å²) in [6.07, 6.45) is 10.3. The molecule has 1 aromatic carbocycles. The lowest BCUT2D eigenvalue weighted by molar-refractivity contribution is -0.113. The quantitative estimate of drug-likeness (QED) is 0.377. The number of hydrogen-bond donors (Lipinski definition) is 0. The van der Waals surface area contributed by atoms with Gasteiger partial charge < -0.3 is 14.4 Å². The molecule has 2 amide bonds. The highest BCUT2D eigenvalue weighted by atomic mass is 19.1. The van der Waals surface area contributed by atoms with Crippen molar-refractivity contribution in [3.63, 3.8) is 0 Å². The van der Waals surface area contributed by atoms with Crippen LogP contribution in [0.5, 0.6) is 0 Å². The summed E-state index contributed by atoms with van der Waals surface area (Å²) in [7, 11) is 0. The number of imidazole rings is 1. The molecule has 0 radical (unpaired) electrons. The summed E-state index contributed by atoms with van der Waals surface area (Å²) in [6, 6.07) is 9.37. The largest absolute Gasteiger partial charge is 0.345 e. The lowest BCUT2D eigenvalue weighted by Crippen LogP contribution is -2.46. The van der Waals surface area contributed by atoms with Gasteiger partial charge in [-0.25, -0.2) is 14.2 Å². The fourth-order valence-electron chi connectivity index (χ4n) is 7.38. The first-order valence-electron chi connectivity index (χ1n) is 13.6. The molecule has 5 heterocycles. The van der Waals surface area contributed by atoms with E-state index in [4.69, 9.17) is 0 Å². The average Bonchev–Trinajstić information content (AvgIpc) is 3.73. The number of benzene rings is 1. The Balaban J connectivity index is 1.23. The smallest absolute Gasteiger partial charge is 0.320 e. The van der Waals surface area contributed by atoms with Gasteiger partial charge in [-0.2, -0.15) is 0 Å². The number of likely N-dealkylation sites (tertiary alicyclic amines) is 1. The number of ketones is 1. The summed E-state index contributed by atoms with van der Waals surface area (Å²) in [6.45, 7) is 2.38. The molecule has 8 rings (SSSR count). The number of aromatic nitrogens is 3. The monoisotopic (exact) mass is 509 g/mol. The molecule has 3 aromatic heterocycles. The Morgan fingerprint density at radius 2 is 2.03 bits per heavy atom. The molecular formula is C30H28FN5O2. The molecular weight excluding hydrogens is 481 g/mol. The molecule has 8 heteroatoms. The Hall–Kier alpha value is -3.94. The van der Waals surface area contributed by atoms with E-state index in [2.05, 4.69) is 9.55 Å². The van der Waals surface area contributed by atoms with Crippen LogP contribution >= 0.6 is 0 Å². The fourth-order valence-corrected chi connectivity index (χ4v) is 7.38. The van der Waals surface area contributed by atoms with Gasteiger partial charge >= 0.3 is 6.03 Å². The van der Waals surface area contributed by atoms with Gasteiger partial charge in [-0.3, -0.25) is 9.20 Å². The number of amides is 2. The van der Waals surface area contributed by atoms with Crippen LogP contribution in [0.4, 0.5) is 9.18 Å². The predicted molar refractivity (Wildman–Crippen MR) is 142 cm³/mol. The van der Waals surface area contributed by atoms with Crippen LogP contribution < -0.4 is 0 Å². The molecule has 4 aliphatic rings. The summed E-state index contributed by atoms with van der Waals surface area (Å²) in [5, 5.41) is 0.742. The first-order valence-corrected chi connectivity index (χ1v) is 13.6. The second-order valence-corrected chi connectivity index (χ2v) is 11.2. The molecule has 2 bridgehead atoms. The van der Waals surface area contributed by atoms with Gasteiger partial charge in [0.2, 0.25) is 0 Å². The third kappa shape index (κ3) is 3.15. The van der Waals surface area contributed by atoms with Gasteiger partial charge in [-0.05, 0) is 67.0 Å². The first-order chi connectivity index (χ1) is 18.5. The van der Waals surface area contributed by atoms with E-state index in [1.807, 2.05) is 51.0 Å². The van der Waals surface area contributed by atoms with Crippen LogP contribution in [0.2, 0.25) is 0 Å². The number of carbonyl (C=O) groups is 2. The molecule has 192 valence electrons. The number of pyridine rings is 1. The zero-order chi connectivity index (χ0) is 25.5. The van der Waals surface area contributed by atoms with E-state index >= 15 is 4.39 Å². The second kappa shape index (κ2) is 8.03. The van der Waals surface area contributed by atoms with E-state index in [1.54, 1.807) is 12.1 Å². The molecule has 2 atom stereocenters. The van der Waals surface area contributed by atoms with Crippen molar-refractivity contribution >= 4 is 39.5 Å². The second-order valence-electron chi connectivity index (χ2n) is 11.2. The molecule has 2 unspecified atom stereocenters. The van der Waals surface area contributed by atoms with Crippen LogP contribution in [0.15, 0.2) is 48.9 Å². The van der Waals surface area contributed by atoms with Crippen molar-refractivity contribution in [2.24, 2.45) is 5.92 Å². The number of allylic oxidation sites excluding steroid dienone is 2. The summed E-state index contributed by atoms with van der Waals surface area (Å²) < 4.78 is 19.2. The number of nitrogens with zero attached hydrogens (tertiary/aromatic N) is 5. The molecule has 2 aliphatic carbocycles. The maximum atomic E-state index is 15.1. The Labute approximate surface area is 219 Å². The number of Topliss-reactive ketones (excluding diaryl/α,β-unsaturated/α-hetero) is 1. The Kier molecular flexibility index (Phi) is 4.66. The van der Waals surface area contributed by atoms with Crippen molar-refractivity contribution in [1.82, 2.24) is 23.8 Å². The molecule has 0 spiro atoms. The molecule has 7 nitrogen and oxygen atoms in total. The number of urea groups is 1. The third-order valence-corrected chi connectivity index (χ3v) is 9.09. The van der Waals surface area contributed by atoms with Gasteiger partial charge in [0.25, 0.3) is 0 Å². The highest BCUT2D eigenvalue weighted by Crippen LogP contribution is 2.43. The van der Waals surface area contributed by atoms with E-state index in [0.717, 1.165) is 58.3 Å². The molecule has 4 aromatic rings. The molecule has 2 aliphatic heterocycles. The van der Waals surface area contributed by atoms with Crippen LogP contribution in [0, 0.1) is 11.7 Å². The number of rotatable bonds is 2. The number of piperidine rings is 1. The molecule has 38 heavy (non-hydrogen) atoms. The van der Waals surface area contributed by atoms with E-state index in [9.17, 15) is 9.59 Å². The minimum atomic E-state index is -0.344. The molecule has 1 saturated carbocycles. The van der Waals surface area contributed by atoms with Crippen molar-refractivity contribution < 1.29 is 14.0 Å². The SMILES string of the molecule is O=C1CCC(c2cnc3ccccn23)=C1c1cn2c3c(cc(F)cc13)CN(C(=O)N1CC3CCC1C3)CC2. The highest BCUT2D eigenvalue weighted by Gasteiger charge is 2.42. The fraction of sp³-hybridized carbons (Fsp3) is 0.367. The minimum Gasteiger partial charge on any atom is -0.345 e. The number of hydrogen-bond acceptors (Lipinski definition) is 3. The van der Waals surface area contributed by atoms with Crippen LogP contribution in [0.1, 0.15) is 48.9 Å². The van der Waals surface area contributed by atoms with E-state index < -0.39 is 0 Å². The number of carbonyl (C=O) groups excluding carboxylic acids is 2. The van der Waals surface area contributed by atoms with Gasteiger partial charge in [0.05, 0.1) is 17.4 Å². The van der Waals surface area contributed by atoms with E-state index in [1.165, 1.54) is 6.42 Å².